The van der Waals surface area contributed by atoms with Crippen LogP contribution in [0.3, 0.4) is 0 Å². The molecule has 0 aromatic carbocycles. The second kappa shape index (κ2) is 3.31. The smallest absolute Gasteiger partial charge is 0.186 e. The fourth-order valence-corrected chi connectivity index (χ4v) is 1.75. The monoisotopic (exact) mass is 205 g/mol. The van der Waals surface area contributed by atoms with Gasteiger partial charge in [0, 0.05) is 18.1 Å². The molecule has 80 valence electrons. The number of aromatic nitrogens is 1. The molecule has 1 heterocycles. The zero-order chi connectivity index (χ0) is 11.1. The number of hydrogen-bond acceptors (Lipinski definition) is 4. The third-order valence-corrected chi connectivity index (χ3v) is 3.01. The SMILES string of the molecule is CC(N)(C(=O)c1cnccc1N)C1CC1. The van der Waals surface area contributed by atoms with Crippen LogP contribution in [0.5, 0.6) is 0 Å². The number of anilines is 1. The van der Waals surface area contributed by atoms with Gasteiger partial charge in [0.05, 0.1) is 11.1 Å². The predicted octanol–water partition coefficient (Wildman–Crippen LogP) is 0.974. The Balaban J connectivity index is 2.31. The minimum atomic E-state index is -0.794. The van der Waals surface area contributed by atoms with E-state index in [1.165, 1.54) is 6.20 Å². The van der Waals surface area contributed by atoms with E-state index in [0.717, 1.165) is 12.8 Å². The average molecular weight is 205 g/mol. The van der Waals surface area contributed by atoms with Crippen LogP contribution in [0.4, 0.5) is 5.69 Å². The van der Waals surface area contributed by atoms with Crippen LogP contribution in [0.2, 0.25) is 0 Å². The van der Waals surface area contributed by atoms with Crippen molar-refractivity contribution in [1.82, 2.24) is 4.98 Å². The molecular weight excluding hydrogens is 190 g/mol. The van der Waals surface area contributed by atoms with E-state index in [-0.39, 0.29) is 5.78 Å². The van der Waals surface area contributed by atoms with Gasteiger partial charge in [0.1, 0.15) is 0 Å². The molecule has 0 saturated heterocycles. The van der Waals surface area contributed by atoms with Gasteiger partial charge in [-0.2, -0.15) is 0 Å². The van der Waals surface area contributed by atoms with Crippen molar-refractivity contribution in [3.63, 3.8) is 0 Å². The number of pyridine rings is 1. The normalized spacial score (nSPS) is 19.6. The molecule has 1 aliphatic rings. The highest BCUT2D eigenvalue weighted by Gasteiger charge is 2.44. The van der Waals surface area contributed by atoms with Crippen molar-refractivity contribution < 1.29 is 4.79 Å². The first-order chi connectivity index (χ1) is 7.03. The Morgan fingerprint density at radius 1 is 1.60 bits per heavy atom. The largest absolute Gasteiger partial charge is 0.398 e. The number of rotatable bonds is 3. The van der Waals surface area contributed by atoms with Crippen LogP contribution in [-0.4, -0.2) is 16.3 Å². The molecule has 4 nitrogen and oxygen atoms in total. The second-order valence-electron chi connectivity index (χ2n) is 4.35. The molecule has 4 heteroatoms. The number of nitrogens with two attached hydrogens (primary N) is 2. The number of Topliss-reactive ketones (excluding diaryl/α,β-unsaturated/α-hetero) is 1. The van der Waals surface area contributed by atoms with E-state index in [0.29, 0.717) is 17.2 Å². The summed E-state index contributed by atoms with van der Waals surface area (Å²) in [6.07, 6.45) is 5.11. The summed E-state index contributed by atoms with van der Waals surface area (Å²) in [6, 6.07) is 1.62. The lowest BCUT2D eigenvalue weighted by Gasteiger charge is -2.23. The standard InChI is InChI=1S/C11H15N3O/c1-11(13,7-2-3-7)10(15)8-6-14-5-4-9(8)12/h4-7H,2-3,13H2,1H3,(H2,12,14). The lowest BCUT2D eigenvalue weighted by Crippen LogP contribution is -2.47. The lowest BCUT2D eigenvalue weighted by atomic mass is 9.87. The molecular formula is C11H15N3O. The first-order valence-electron chi connectivity index (χ1n) is 5.06. The van der Waals surface area contributed by atoms with Crippen molar-refractivity contribution in [2.75, 3.05) is 5.73 Å². The topological polar surface area (TPSA) is 82.0 Å². The van der Waals surface area contributed by atoms with E-state index in [9.17, 15) is 4.79 Å². The first-order valence-corrected chi connectivity index (χ1v) is 5.06. The zero-order valence-electron chi connectivity index (χ0n) is 8.73. The van der Waals surface area contributed by atoms with Crippen molar-refractivity contribution in [3.8, 4) is 0 Å². The number of hydrogen-bond donors (Lipinski definition) is 2. The van der Waals surface area contributed by atoms with Crippen LogP contribution in [0.1, 0.15) is 30.1 Å². The summed E-state index contributed by atoms with van der Waals surface area (Å²) in [5.41, 5.74) is 11.9. The van der Waals surface area contributed by atoms with E-state index in [1.54, 1.807) is 19.2 Å². The van der Waals surface area contributed by atoms with E-state index < -0.39 is 5.54 Å². The fraction of sp³-hybridized carbons (Fsp3) is 0.455. The van der Waals surface area contributed by atoms with Gasteiger partial charge in [0.25, 0.3) is 0 Å². The van der Waals surface area contributed by atoms with E-state index in [1.807, 2.05) is 0 Å². The highest BCUT2D eigenvalue weighted by atomic mass is 16.1. The van der Waals surface area contributed by atoms with Gasteiger partial charge < -0.3 is 11.5 Å². The molecule has 1 aromatic rings. The molecule has 1 unspecified atom stereocenters. The summed E-state index contributed by atoms with van der Waals surface area (Å²) in [4.78, 5) is 16.0. The Labute approximate surface area is 88.7 Å². The molecule has 0 spiro atoms. The van der Waals surface area contributed by atoms with Crippen molar-refractivity contribution >= 4 is 11.5 Å². The molecule has 4 N–H and O–H groups in total. The number of nitrogens with zero attached hydrogens (tertiary/aromatic N) is 1. The number of carbonyl (C=O) groups is 1. The minimum absolute atomic E-state index is 0.101. The summed E-state index contributed by atoms with van der Waals surface area (Å²) < 4.78 is 0. The van der Waals surface area contributed by atoms with Crippen LogP contribution >= 0.6 is 0 Å². The van der Waals surface area contributed by atoms with Crippen LogP contribution in [0.15, 0.2) is 18.5 Å². The van der Waals surface area contributed by atoms with Gasteiger partial charge in [-0.15, -0.1) is 0 Å². The molecule has 1 aliphatic carbocycles. The summed E-state index contributed by atoms with van der Waals surface area (Å²) in [7, 11) is 0. The van der Waals surface area contributed by atoms with E-state index in [4.69, 9.17) is 11.5 Å². The van der Waals surface area contributed by atoms with Crippen molar-refractivity contribution in [3.05, 3.63) is 24.0 Å². The summed E-state index contributed by atoms with van der Waals surface area (Å²) in [6.45, 7) is 1.78. The molecule has 0 amide bonds. The molecule has 0 aliphatic heterocycles. The van der Waals surface area contributed by atoms with Gasteiger partial charge in [-0.1, -0.05) is 0 Å². The van der Waals surface area contributed by atoms with Gasteiger partial charge in [-0.3, -0.25) is 9.78 Å². The van der Waals surface area contributed by atoms with Crippen molar-refractivity contribution in [2.45, 2.75) is 25.3 Å². The van der Waals surface area contributed by atoms with E-state index >= 15 is 0 Å². The summed E-state index contributed by atoms with van der Waals surface area (Å²) >= 11 is 0. The third kappa shape index (κ3) is 1.72. The molecule has 0 radical (unpaired) electrons. The maximum absolute atomic E-state index is 12.1. The second-order valence-corrected chi connectivity index (χ2v) is 4.35. The molecule has 1 fully saturated rings. The van der Waals surface area contributed by atoms with Gasteiger partial charge in [-0.05, 0) is 31.7 Å². The van der Waals surface area contributed by atoms with Crippen molar-refractivity contribution in [2.24, 2.45) is 11.7 Å². The Kier molecular flexibility index (Phi) is 2.23. The first kappa shape index (κ1) is 10.1. The van der Waals surface area contributed by atoms with Crippen molar-refractivity contribution in [1.29, 1.82) is 0 Å². The Hall–Kier alpha value is -1.42. The van der Waals surface area contributed by atoms with Gasteiger partial charge in [0.2, 0.25) is 0 Å². The fourth-order valence-electron chi connectivity index (χ4n) is 1.75. The number of nitrogen functional groups attached to an aromatic ring is 1. The maximum Gasteiger partial charge on any atom is 0.186 e. The van der Waals surface area contributed by atoms with Gasteiger partial charge in [-0.25, -0.2) is 0 Å². The molecule has 0 bridgehead atoms. The summed E-state index contributed by atoms with van der Waals surface area (Å²) in [5, 5.41) is 0. The predicted molar refractivity (Wildman–Crippen MR) is 58.3 cm³/mol. The van der Waals surface area contributed by atoms with Gasteiger partial charge in [0.15, 0.2) is 5.78 Å². The molecule has 2 rings (SSSR count). The maximum atomic E-state index is 12.1. The van der Waals surface area contributed by atoms with Crippen LogP contribution in [0.25, 0.3) is 0 Å². The highest BCUT2D eigenvalue weighted by Crippen LogP contribution is 2.40. The Morgan fingerprint density at radius 2 is 2.27 bits per heavy atom. The zero-order valence-corrected chi connectivity index (χ0v) is 8.73. The van der Waals surface area contributed by atoms with Crippen LogP contribution < -0.4 is 11.5 Å². The minimum Gasteiger partial charge on any atom is -0.398 e. The number of carbonyl (C=O) groups excluding carboxylic acids is 1. The van der Waals surface area contributed by atoms with Crippen LogP contribution in [0, 0.1) is 5.92 Å². The molecule has 1 aromatic heterocycles. The third-order valence-electron chi connectivity index (χ3n) is 3.01. The van der Waals surface area contributed by atoms with Crippen LogP contribution in [-0.2, 0) is 0 Å². The molecule has 1 atom stereocenters. The summed E-state index contributed by atoms with van der Waals surface area (Å²) in [5.74, 6) is 0.195. The van der Waals surface area contributed by atoms with Gasteiger partial charge >= 0.3 is 0 Å². The highest BCUT2D eigenvalue weighted by molar-refractivity contribution is 6.06. The Morgan fingerprint density at radius 3 is 2.80 bits per heavy atom. The van der Waals surface area contributed by atoms with E-state index in [2.05, 4.69) is 4.98 Å². The molecule has 1 saturated carbocycles. The lowest BCUT2D eigenvalue weighted by molar-refractivity contribution is 0.0884. The average Bonchev–Trinajstić information content (AvgIpc) is 3.00. The Bertz CT molecular complexity index is 397. The quantitative estimate of drug-likeness (QED) is 0.720. The number of ketones is 1. The molecule has 15 heavy (non-hydrogen) atoms.